The van der Waals surface area contributed by atoms with Gasteiger partial charge in [-0.2, -0.15) is 0 Å². The van der Waals surface area contributed by atoms with Crippen LogP contribution in [0.5, 0.6) is 0 Å². The molecule has 0 radical (unpaired) electrons. The van der Waals surface area contributed by atoms with Gasteiger partial charge in [-0.15, -0.1) is 0 Å². The first-order valence-electron chi connectivity index (χ1n) is 12.7. The zero-order valence-electron chi connectivity index (χ0n) is 22.1. The molecule has 0 aromatic carbocycles. The second kappa shape index (κ2) is 10.8. The third kappa shape index (κ3) is 6.50. The van der Waals surface area contributed by atoms with E-state index in [9.17, 15) is 19.8 Å². The molecule has 2 N–H and O–H groups in total. The third-order valence-electron chi connectivity index (χ3n) is 8.00. The molecule has 7 heteroatoms. The van der Waals surface area contributed by atoms with Crippen molar-refractivity contribution in [3.05, 3.63) is 35.1 Å². The fourth-order valence-electron chi connectivity index (χ4n) is 5.29. The summed E-state index contributed by atoms with van der Waals surface area (Å²) in [6.45, 7) is 12.7. The van der Waals surface area contributed by atoms with Crippen LogP contribution in [0.4, 0.5) is 0 Å². The standard InChI is InChI=1S/C28H41NO6/c1-15-8-9-23(16(2)11-21-14-34-19(5)29-21)35-25(31)13-24(30)28(6,7)27(33)18(4)26(32)17(3)22-12-20(22)10-15/h8,11,14,17-18,20,22-24,26,30,32H,9-10,12-13H2,1-7H3/b15-8-,16-11?/t17-,18+,20?,22?,23+,24-,26+/m0/s1. The summed E-state index contributed by atoms with van der Waals surface area (Å²) >= 11 is 0. The summed E-state index contributed by atoms with van der Waals surface area (Å²) < 4.78 is 11.1. The summed E-state index contributed by atoms with van der Waals surface area (Å²) in [6, 6.07) is 0. The summed E-state index contributed by atoms with van der Waals surface area (Å²) in [4.78, 5) is 30.4. The number of ether oxygens (including phenoxy) is 1. The number of hydrogen-bond acceptors (Lipinski definition) is 7. The van der Waals surface area contributed by atoms with Crippen molar-refractivity contribution >= 4 is 17.8 Å². The number of rotatable bonds is 2. The number of carbonyl (C=O) groups excluding carboxylic acids is 2. The van der Waals surface area contributed by atoms with Crippen LogP contribution in [0.25, 0.3) is 6.08 Å². The van der Waals surface area contributed by atoms with E-state index in [0.29, 0.717) is 29.8 Å². The number of aromatic nitrogens is 1. The topological polar surface area (TPSA) is 110 Å². The van der Waals surface area contributed by atoms with Gasteiger partial charge in [0.05, 0.1) is 24.0 Å². The number of carbonyl (C=O) groups is 2. The largest absolute Gasteiger partial charge is 0.457 e. The van der Waals surface area contributed by atoms with Crippen molar-refractivity contribution in [2.75, 3.05) is 0 Å². The molecule has 1 aliphatic heterocycles. The molecule has 0 saturated heterocycles. The Morgan fingerprint density at radius 1 is 1.17 bits per heavy atom. The Hall–Kier alpha value is -2.25. The van der Waals surface area contributed by atoms with Crippen LogP contribution in [-0.2, 0) is 14.3 Å². The Morgan fingerprint density at radius 2 is 1.86 bits per heavy atom. The van der Waals surface area contributed by atoms with Crippen molar-refractivity contribution in [3.63, 3.8) is 0 Å². The molecule has 7 nitrogen and oxygen atoms in total. The Labute approximate surface area is 208 Å². The average Bonchev–Trinajstić information content (AvgIpc) is 3.43. The van der Waals surface area contributed by atoms with Gasteiger partial charge in [-0.1, -0.05) is 39.3 Å². The molecule has 1 aliphatic carbocycles. The second-order valence-corrected chi connectivity index (χ2v) is 11.3. The van der Waals surface area contributed by atoms with E-state index in [-0.39, 0.29) is 18.1 Å². The van der Waals surface area contributed by atoms with Crippen molar-refractivity contribution in [2.24, 2.45) is 29.1 Å². The third-order valence-corrected chi connectivity index (χ3v) is 8.00. The SMILES string of the molecule is CC(=Cc1coc(C)n1)[C@H]1C/C=C(/C)CC2CC2[C@H](C)[C@@H](O)[C@@H](C)C(=O)C(C)(C)[C@@H](O)CC(=O)O1. The molecule has 0 amide bonds. The monoisotopic (exact) mass is 487 g/mol. The molecule has 3 rings (SSSR count). The van der Waals surface area contributed by atoms with Crippen molar-refractivity contribution in [1.82, 2.24) is 4.98 Å². The number of aryl methyl sites for hydroxylation is 1. The van der Waals surface area contributed by atoms with E-state index in [1.807, 2.05) is 19.9 Å². The normalized spacial score (nSPS) is 36.7. The molecular weight excluding hydrogens is 446 g/mol. The molecule has 0 bridgehead atoms. The number of aliphatic hydroxyl groups is 2. The summed E-state index contributed by atoms with van der Waals surface area (Å²) in [5.41, 5.74) is 1.48. The van der Waals surface area contributed by atoms with E-state index in [1.165, 1.54) is 5.57 Å². The molecule has 1 aromatic rings. The zero-order chi connectivity index (χ0) is 26.1. The molecule has 2 heterocycles. The maximum absolute atomic E-state index is 13.3. The molecule has 1 fully saturated rings. The van der Waals surface area contributed by atoms with Crippen molar-refractivity contribution in [2.45, 2.75) is 92.5 Å². The van der Waals surface area contributed by atoms with Crippen LogP contribution in [0.3, 0.4) is 0 Å². The molecule has 1 aromatic heterocycles. The van der Waals surface area contributed by atoms with Crippen molar-refractivity contribution < 1.29 is 29.0 Å². The number of fused-ring (bicyclic) bond motifs is 1. The number of nitrogens with zero attached hydrogens (tertiary/aromatic N) is 1. The lowest BCUT2D eigenvalue weighted by Gasteiger charge is -2.34. The highest BCUT2D eigenvalue weighted by molar-refractivity contribution is 5.88. The van der Waals surface area contributed by atoms with Gasteiger partial charge < -0.3 is 19.4 Å². The smallest absolute Gasteiger partial charge is 0.309 e. The molecule has 2 aliphatic rings. The molecule has 35 heavy (non-hydrogen) atoms. The van der Waals surface area contributed by atoms with Crippen LogP contribution >= 0.6 is 0 Å². The quantitative estimate of drug-likeness (QED) is 0.461. The highest BCUT2D eigenvalue weighted by atomic mass is 16.5. The number of esters is 1. The van der Waals surface area contributed by atoms with E-state index < -0.39 is 35.6 Å². The minimum atomic E-state index is -1.23. The van der Waals surface area contributed by atoms with E-state index >= 15 is 0 Å². The van der Waals surface area contributed by atoms with Crippen LogP contribution < -0.4 is 0 Å². The summed E-state index contributed by atoms with van der Waals surface area (Å²) in [5.74, 6) is -0.0734. The lowest BCUT2D eigenvalue weighted by molar-refractivity contribution is -0.154. The molecule has 194 valence electrons. The summed E-state index contributed by atoms with van der Waals surface area (Å²) in [5, 5.41) is 21.8. The fraction of sp³-hybridized carbons (Fsp3) is 0.679. The molecule has 2 unspecified atom stereocenters. The van der Waals surface area contributed by atoms with Gasteiger partial charge in [-0.05, 0) is 56.1 Å². The van der Waals surface area contributed by atoms with Gasteiger partial charge in [0, 0.05) is 19.3 Å². The highest BCUT2D eigenvalue weighted by Gasteiger charge is 2.47. The van der Waals surface area contributed by atoms with Gasteiger partial charge in [-0.3, -0.25) is 9.59 Å². The van der Waals surface area contributed by atoms with Gasteiger partial charge in [0.1, 0.15) is 23.8 Å². The lowest BCUT2D eigenvalue weighted by atomic mass is 9.72. The molecule has 1 saturated carbocycles. The van der Waals surface area contributed by atoms with Gasteiger partial charge >= 0.3 is 5.97 Å². The second-order valence-electron chi connectivity index (χ2n) is 11.3. The Kier molecular flexibility index (Phi) is 8.43. The predicted molar refractivity (Wildman–Crippen MR) is 133 cm³/mol. The Balaban J connectivity index is 1.89. The molecule has 0 spiro atoms. The fourth-order valence-corrected chi connectivity index (χ4v) is 5.29. The van der Waals surface area contributed by atoms with Crippen LogP contribution in [0, 0.1) is 36.0 Å². The Morgan fingerprint density at radius 3 is 2.49 bits per heavy atom. The average molecular weight is 488 g/mol. The minimum Gasteiger partial charge on any atom is -0.457 e. The van der Waals surface area contributed by atoms with Gasteiger partial charge in [0.25, 0.3) is 0 Å². The number of hydrogen-bond donors (Lipinski definition) is 2. The van der Waals surface area contributed by atoms with Crippen LogP contribution in [0.1, 0.15) is 78.8 Å². The number of oxazole rings is 1. The number of aliphatic hydroxyl groups excluding tert-OH is 2. The van der Waals surface area contributed by atoms with Crippen molar-refractivity contribution in [3.8, 4) is 0 Å². The zero-order valence-corrected chi connectivity index (χ0v) is 22.1. The van der Waals surface area contributed by atoms with E-state index in [0.717, 1.165) is 18.4 Å². The summed E-state index contributed by atoms with van der Waals surface area (Å²) in [6.07, 6.45) is 5.10. The van der Waals surface area contributed by atoms with Crippen LogP contribution in [0.15, 0.2) is 27.9 Å². The van der Waals surface area contributed by atoms with Crippen LogP contribution in [-0.4, -0.2) is 45.3 Å². The highest BCUT2D eigenvalue weighted by Crippen LogP contribution is 2.50. The van der Waals surface area contributed by atoms with Gasteiger partial charge in [0.15, 0.2) is 5.89 Å². The van der Waals surface area contributed by atoms with E-state index in [1.54, 1.807) is 34.0 Å². The minimum absolute atomic E-state index is 0.0126. The molecule has 7 atom stereocenters. The lowest BCUT2D eigenvalue weighted by Crippen LogP contribution is -2.46. The first kappa shape index (κ1) is 27.3. The summed E-state index contributed by atoms with van der Waals surface area (Å²) in [7, 11) is 0. The number of Topliss-reactive ketones (excluding diaryl/α,β-unsaturated/α-hetero) is 1. The maximum Gasteiger partial charge on any atom is 0.309 e. The van der Waals surface area contributed by atoms with E-state index in [4.69, 9.17) is 9.15 Å². The van der Waals surface area contributed by atoms with Crippen LogP contribution in [0.2, 0.25) is 0 Å². The predicted octanol–water partition coefficient (Wildman–Crippen LogP) is 4.65. The first-order valence-corrected chi connectivity index (χ1v) is 12.7. The number of cyclic esters (lactones) is 1. The number of ketones is 1. The van der Waals surface area contributed by atoms with E-state index in [2.05, 4.69) is 18.0 Å². The Bertz CT molecular complexity index is 989. The maximum atomic E-state index is 13.3. The van der Waals surface area contributed by atoms with Gasteiger partial charge in [-0.25, -0.2) is 4.98 Å². The number of allylic oxidation sites excluding steroid dienone is 1. The van der Waals surface area contributed by atoms with Crippen molar-refractivity contribution in [1.29, 1.82) is 0 Å². The molecular formula is C28H41NO6. The van der Waals surface area contributed by atoms with Gasteiger partial charge in [0.2, 0.25) is 0 Å². The first-order chi connectivity index (χ1) is 16.3.